The largest absolute Gasteiger partial charge is 0.497 e. The molecule has 4 rings (SSSR count). The number of hydrogen-bond acceptors (Lipinski definition) is 6. The van der Waals surface area contributed by atoms with Crippen LogP contribution >= 0.6 is 0 Å². The number of aromatic amines is 1. The molecule has 33 heavy (non-hydrogen) atoms. The van der Waals surface area contributed by atoms with Gasteiger partial charge in [-0.3, -0.25) is 9.89 Å². The van der Waals surface area contributed by atoms with Crippen LogP contribution in [0.2, 0.25) is 0 Å². The molecular weight excluding hydrogens is 451 g/mol. The number of carbonyl (C=O) groups excluding carboxylic acids is 1. The van der Waals surface area contributed by atoms with Gasteiger partial charge in [0.25, 0.3) is 5.91 Å². The van der Waals surface area contributed by atoms with E-state index in [4.69, 9.17) is 9.47 Å². The fourth-order valence-corrected chi connectivity index (χ4v) is 5.30. The molecule has 11 heteroatoms. The molecule has 0 aliphatic carbocycles. The van der Waals surface area contributed by atoms with Crippen molar-refractivity contribution in [3.8, 4) is 22.8 Å². The fraction of sp³-hybridized carbons (Fsp3) is 0.273. The van der Waals surface area contributed by atoms with Crippen molar-refractivity contribution < 1.29 is 27.1 Å². The number of H-pyrrole nitrogens is 1. The Morgan fingerprint density at radius 2 is 1.73 bits per heavy atom. The Morgan fingerprint density at radius 1 is 1.03 bits per heavy atom. The molecule has 9 nitrogen and oxygen atoms in total. The summed E-state index contributed by atoms with van der Waals surface area (Å²) in [6.07, 6.45) is 1.42. The fourth-order valence-electron chi connectivity index (χ4n) is 3.71. The summed E-state index contributed by atoms with van der Waals surface area (Å²) in [5, 5.41) is 6.76. The quantitative estimate of drug-likeness (QED) is 0.588. The van der Waals surface area contributed by atoms with Crippen LogP contribution in [-0.2, 0) is 10.0 Å². The van der Waals surface area contributed by atoms with Crippen LogP contribution in [0.3, 0.4) is 0 Å². The van der Waals surface area contributed by atoms with Crippen LogP contribution in [0.1, 0.15) is 10.4 Å². The van der Waals surface area contributed by atoms with E-state index in [9.17, 15) is 17.6 Å². The van der Waals surface area contributed by atoms with Gasteiger partial charge in [0.2, 0.25) is 10.0 Å². The molecular formula is C22H23FN4O5S. The summed E-state index contributed by atoms with van der Waals surface area (Å²) in [5.41, 5.74) is 1.45. The van der Waals surface area contributed by atoms with E-state index in [2.05, 4.69) is 10.2 Å². The molecule has 1 aromatic heterocycles. The molecule has 0 atom stereocenters. The van der Waals surface area contributed by atoms with Crippen molar-refractivity contribution in [2.75, 3.05) is 40.4 Å². The van der Waals surface area contributed by atoms with Crippen molar-refractivity contribution in [1.82, 2.24) is 19.4 Å². The highest BCUT2D eigenvalue weighted by Gasteiger charge is 2.33. The summed E-state index contributed by atoms with van der Waals surface area (Å²) in [5.74, 6) is -0.0386. The van der Waals surface area contributed by atoms with Crippen molar-refractivity contribution in [1.29, 1.82) is 0 Å². The summed E-state index contributed by atoms with van der Waals surface area (Å²) >= 11 is 0. The van der Waals surface area contributed by atoms with Gasteiger partial charge in [-0.2, -0.15) is 9.40 Å². The monoisotopic (exact) mass is 474 g/mol. The molecule has 0 unspecified atom stereocenters. The molecule has 0 spiro atoms. The third kappa shape index (κ3) is 4.41. The first kappa shape index (κ1) is 22.7. The maximum Gasteiger partial charge on any atom is 0.257 e. The first-order valence-corrected chi connectivity index (χ1v) is 11.6. The summed E-state index contributed by atoms with van der Waals surface area (Å²) in [6.45, 7) is 0.660. The predicted molar refractivity (Wildman–Crippen MR) is 118 cm³/mol. The topological polar surface area (TPSA) is 105 Å². The van der Waals surface area contributed by atoms with Crippen LogP contribution in [0.25, 0.3) is 11.3 Å². The number of rotatable bonds is 6. The molecule has 1 aliphatic heterocycles. The minimum atomic E-state index is -3.86. The zero-order valence-corrected chi connectivity index (χ0v) is 18.9. The number of nitrogens with zero attached hydrogens (tertiary/aromatic N) is 3. The van der Waals surface area contributed by atoms with Gasteiger partial charge in [0.15, 0.2) is 0 Å². The van der Waals surface area contributed by atoms with E-state index in [1.807, 2.05) is 0 Å². The Kier molecular flexibility index (Phi) is 6.34. The average molecular weight is 475 g/mol. The number of sulfonamides is 1. The Hall–Kier alpha value is -3.44. The molecule has 1 saturated heterocycles. The number of halogens is 1. The van der Waals surface area contributed by atoms with Gasteiger partial charge >= 0.3 is 0 Å². The SMILES string of the molecule is COc1ccc(OC)c(S(=O)(=O)N2CCN(C(=O)c3cn[nH]c3-c3ccc(F)cc3)CC2)c1. The van der Waals surface area contributed by atoms with Gasteiger partial charge in [-0.1, -0.05) is 0 Å². The molecule has 1 amide bonds. The minimum absolute atomic E-state index is 0.0116. The van der Waals surface area contributed by atoms with Gasteiger partial charge < -0.3 is 14.4 Å². The summed E-state index contributed by atoms with van der Waals surface area (Å²) in [7, 11) is -0.998. The van der Waals surface area contributed by atoms with E-state index in [0.717, 1.165) is 0 Å². The number of aromatic nitrogens is 2. The van der Waals surface area contributed by atoms with Gasteiger partial charge in [-0.15, -0.1) is 0 Å². The van der Waals surface area contributed by atoms with Gasteiger partial charge in [-0.05, 0) is 36.4 Å². The van der Waals surface area contributed by atoms with Crippen LogP contribution in [-0.4, -0.2) is 74.1 Å². The molecule has 1 fully saturated rings. The lowest BCUT2D eigenvalue weighted by Gasteiger charge is -2.34. The van der Waals surface area contributed by atoms with Crippen LogP contribution in [0, 0.1) is 5.82 Å². The van der Waals surface area contributed by atoms with Crippen molar-refractivity contribution in [2.24, 2.45) is 0 Å². The van der Waals surface area contributed by atoms with Crippen LogP contribution in [0.4, 0.5) is 4.39 Å². The number of methoxy groups -OCH3 is 2. The van der Waals surface area contributed by atoms with E-state index in [1.165, 1.54) is 42.9 Å². The zero-order valence-electron chi connectivity index (χ0n) is 18.1. The summed E-state index contributed by atoms with van der Waals surface area (Å²) in [4.78, 5) is 14.7. The third-order valence-electron chi connectivity index (χ3n) is 5.52. The highest BCUT2D eigenvalue weighted by atomic mass is 32.2. The number of piperazine rings is 1. The number of hydrogen-bond donors (Lipinski definition) is 1. The van der Waals surface area contributed by atoms with E-state index in [1.54, 1.807) is 29.2 Å². The molecule has 0 radical (unpaired) electrons. The molecule has 1 N–H and O–H groups in total. The van der Waals surface area contributed by atoms with E-state index in [0.29, 0.717) is 22.6 Å². The second-order valence-electron chi connectivity index (χ2n) is 7.38. The Bertz CT molecular complexity index is 1250. The van der Waals surface area contributed by atoms with Gasteiger partial charge in [0.1, 0.15) is 22.2 Å². The Morgan fingerprint density at radius 3 is 2.36 bits per heavy atom. The number of amides is 1. The maximum atomic E-state index is 13.3. The lowest BCUT2D eigenvalue weighted by molar-refractivity contribution is 0.0698. The first-order valence-electron chi connectivity index (χ1n) is 10.2. The number of benzene rings is 2. The van der Waals surface area contributed by atoms with E-state index < -0.39 is 10.0 Å². The zero-order chi connectivity index (χ0) is 23.6. The Labute approximate surface area is 190 Å². The van der Waals surface area contributed by atoms with Crippen molar-refractivity contribution >= 4 is 15.9 Å². The van der Waals surface area contributed by atoms with Gasteiger partial charge in [0, 0.05) is 37.8 Å². The molecule has 0 saturated carbocycles. The summed E-state index contributed by atoms with van der Waals surface area (Å²) < 4.78 is 51.5. The predicted octanol–water partition coefficient (Wildman–Crippen LogP) is 2.38. The van der Waals surface area contributed by atoms with Crippen LogP contribution < -0.4 is 9.47 Å². The van der Waals surface area contributed by atoms with Gasteiger partial charge in [-0.25, -0.2) is 12.8 Å². The summed E-state index contributed by atoms with van der Waals surface area (Å²) in [6, 6.07) is 10.3. The Balaban J connectivity index is 1.50. The van der Waals surface area contributed by atoms with Crippen molar-refractivity contribution in [3.63, 3.8) is 0 Å². The molecule has 0 bridgehead atoms. The van der Waals surface area contributed by atoms with Crippen molar-refractivity contribution in [2.45, 2.75) is 4.90 Å². The third-order valence-corrected chi connectivity index (χ3v) is 7.44. The second kappa shape index (κ2) is 9.20. The van der Waals surface area contributed by atoms with Crippen LogP contribution in [0.15, 0.2) is 53.6 Å². The standard InChI is InChI=1S/C22H23FN4O5S/c1-31-17-7-8-19(32-2)20(13-17)33(29,30)27-11-9-26(10-12-27)22(28)18-14-24-25-21(18)15-3-5-16(23)6-4-15/h3-8,13-14H,9-12H2,1-2H3,(H,24,25). The molecule has 1 aliphatic rings. The average Bonchev–Trinajstić information content (AvgIpc) is 3.33. The lowest BCUT2D eigenvalue weighted by atomic mass is 10.1. The van der Waals surface area contributed by atoms with Gasteiger partial charge in [0.05, 0.1) is 31.7 Å². The smallest absolute Gasteiger partial charge is 0.257 e. The first-order chi connectivity index (χ1) is 15.8. The van der Waals surface area contributed by atoms with Crippen LogP contribution in [0.5, 0.6) is 11.5 Å². The molecule has 174 valence electrons. The highest BCUT2D eigenvalue weighted by molar-refractivity contribution is 7.89. The molecule has 2 aromatic carbocycles. The second-order valence-corrected chi connectivity index (χ2v) is 9.29. The van der Waals surface area contributed by atoms with E-state index in [-0.39, 0.29) is 48.5 Å². The van der Waals surface area contributed by atoms with Crippen molar-refractivity contribution in [3.05, 3.63) is 60.0 Å². The number of carbonyl (C=O) groups is 1. The van der Waals surface area contributed by atoms with E-state index >= 15 is 0 Å². The minimum Gasteiger partial charge on any atom is -0.497 e. The molecule has 2 heterocycles. The molecule has 3 aromatic rings. The maximum absolute atomic E-state index is 13.3. The lowest BCUT2D eigenvalue weighted by Crippen LogP contribution is -2.50. The number of ether oxygens (including phenoxy) is 2. The number of nitrogens with one attached hydrogen (secondary N) is 1. The highest BCUT2D eigenvalue weighted by Crippen LogP contribution is 2.31. The normalized spacial score (nSPS) is 14.8.